The van der Waals surface area contributed by atoms with Crippen LogP contribution >= 0.6 is 0 Å². The van der Waals surface area contributed by atoms with Crippen molar-refractivity contribution < 1.29 is 91.3 Å². The molecule has 0 radical (unpaired) electrons. The number of fused-ring (bicyclic) bond motifs is 18. The molecule has 8 aliphatic rings. The van der Waals surface area contributed by atoms with Crippen molar-refractivity contribution in [3.63, 3.8) is 0 Å². The maximum atomic E-state index is 13.5. The van der Waals surface area contributed by atoms with E-state index in [1.54, 1.807) is 83.9 Å². The molecule has 6 aromatic carbocycles. The Morgan fingerprint density at radius 3 is 1.37 bits per heavy atom. The lowest BCUT2D eigenvalue weighted by Gasteiger charge is -2.60. The summed E-state index contributed by atoms with van der Waals surface area (Å²) in [7, 11) is 10.5. The highest BCUT2D eigenvalue weighted by molar-refractivity contribution is 5.79. The highest BCUT2D eigenvalue weighted by Crippen LogP contribution is 2.61. The Hall–Kier alpha value is -10.1. The Morgan fingerprint density at radius 1 is 0.573 bits per heavy atom. The maximum Gasteiger partial charge on any atom is 0.308 e. The van der Waals surface area contributed by atoms with Crippen molar-refractivity contribution in [1.82, 2.24) is 24.9 Å². The number of hydrogen-bond acceptors (Lipinski definition) is 25. The molecule has 0 aliphatic carbocycles. The number of piperazine rings is 2. The number of aliphatic carboxylic acids is 1. The number of amides is 1. The first-order valence-corrected chi connectivity index (χ1v) is 34.0. The fourth-order valence-corrected chi connectivity index (χ4v) is 16.9. The van der Waals surface area contributed by atoms with Crippen LogP contribution in [0.25, 0.3) is 0 Å². The Bertz CT molecular complexity index is 4350. The quantitative estimate of drug-likeness (QED) is 0.0335. The maximum absolute atomic E-state index is 13.5. The van der Waals surface area contributed by atoms with Crippen molar-refractivity contribution in [2.24, 2.45) is 5.73 Å². The number of nitrogens with zero attached hydrogens (tertiary/aromatic N) is 6. The Kier molecular flexibility index (Phi) is 21.2. The van der Waals surface area contributed by atoms with Crippen molar-refractivity contribution in [3.8, 4) is 81.1 Å². The second-order valence-electron chi connectivity index (χ2n) is 26.9. The fourth-order valence-electron chi connectivity index (χ4n) is 16.9. The molecule has 14 rings (SSSR count). The zero-order chi connectivity index (χ0) is 73.6. The van der Waals surface area contributed by atoms with E-state index in [1.807, 2.05) is 27.8 Å². The monoisotopic (exact) mass is 1410 g/mol. The molecule has 0 saturated carbocycles. The molecule has 8 heterocycles. The SMILES string of the molecule is CC(=O)Oc1ccc(CC(=O)O)cc1.COCOc1c(OC)c(C)cc2c1[C@@H]1[C@@H]3Cc4c(O)c(C)c5c(c4[C@H](CN)N3[C@@H](C#N)[C@H](C2)N1C)OCO5.COCOc1c(OC)c(C)cc2c1[C@@H]1[C@@H]3Cc4c(O)c(C)c5c(c4[C@H](CNC(=O)Cc4ccc(OC(C)=O)cc4)N3[C@@H](C#N)[C@H](C2)N1C)OCO5. The largest absolute Gasteiger partial charge is 0.507 e. The number of esters is 2. The van der Waals surface area contributed by atoms with Crippen LogP contribution in [0.5, 0.6) is 69.0 Å². The van der Waals surface area contributed by atoms with Crippen LogP contribution in [0, 0.1) is 50.4 Å². The summed E-state index contributed by atoms with van der Waals surface area (Å²) in [6.45, 7) is 10.9. The van der Waals surface area contributed by atoms with Gasteiger partial charge in [-0.25, -0.2) is 0 Å². The van der Waals surface area contributed by atoms with Crippen molar-refractivity contribution in [2.45, 2.75) is 140 Å². The third-order valence-electron chi connectivity index (χ3n) is 21.0. The van der Waals surface area contributed by atoms with Crippen molar-refractivity contribution in [2.75, 3.05) is 82.8 Å². The van der Waals surface area contributed by atoms with E-state index in [4.69, 9.17) is 67.7 Å². The highest BCUT2D eigenvalue weighted by atomic mass is 16.7. The normalized spacial score (nSPS) is 22.7. The molecule has 6 aromatic rings. The molecule has 10 atom stereocenters. The molecule has 0 aromatic heterocycles. The van der Waals surface area contributed by atoms with Gasteiger partial charge in [0.15, 0.2) is 59.6 Å². The summed E-state index contributed by atoms with van der Waals surface area (Å²) in [6, 6.07) is 19.7. The zero-order valence-corrected chi connectivity index (χ0v) is 59.7. The molecule has 27 heteroatoms. The van der Waals surface area contributed by atoms with Crippen LogP contribution in [0.3, 0.4) is 0 Å². The van der Waals surface area contributed by atoms with Crippen molar-refractivity contribution >= 4 is 23.8 Å². The number of nitriles is 2. The molecule has 8 aliphatic heterocycles. The summed E-state index contributed by atoms with van der Waals surface area (Å²) in [4.78, 5) is 54.8. The third kappa shape index (κ3) is 13.2. The van der Waals surface area contributed by atoms with Crippen LogP contribution in [-0.2, 0) is 67.2 Å². The number of benzene rings is 6. The molecular weight excluding hydrogens is 1330 g/mol. The molecule has 6 N–H and O–H groups in total. The Balaban J connectivity index is 0.000000168. The molecule has 0 unspecified atom stereocenters. The molecule has 4 bridgehead atoms. The van der Waals surface area contributed by atoms with Gasteiger partial charge in [-0.15, -0.1) is 0 Å². The van der Waals surface area contributed by atoms with Gasteiger partial charge in [-0.3, -0.25) is 38.8 Å². The summed E-state index contributed by atoms with van der Waals surface area (Å²) >= 11 is 0. The summed E-state index contributed by atoms with van der Waals surface area (Å²) < 4.78 is 68.3. The number of hydrogen-bond donors (Lipinski definition) is 5. The lowest BCUT2D eigenvalue weighted by Crippen LogP contribution is -2.68. The predicted octanol–water partition coefficient (Wildman–Crippen LogP) is 7.48. The molecule has 0 spiro atoms. The average Bonchev–Trinajstić information content (AvgIpc) is 1.20. The van der Waals surface area contributed by atoms with E-state index in [2.05, 4.69) is 56.2 Å². The Labute approximate surface area is 596 Å². The lowest BCUT2D eigenvalue weighted by atomic mass is 9.71. The first-order chi connectivity index (χ1) is 49.5. The second-order valence-corrected chi connectivity index (χ2v) is 26.9. The minimum Gasteiger partial charge on any atom is -0.507 e. The number of aryl methyl sites for hydroxylation is 2. The molecule has 544 valence electrons. The topological polar surface area (TPSA) is 338 Å². The van der Waals surface area contributed by atoms with E-state index >= 15 is 0 Å². The number of phenols is 2. The number of methoxy groups -OCH3 is 4. The standard InChI is InChI=1S/C38H42N4O9.C28H34N4O6.C10H10O4/c1-19-11-23-13-26-28(15-39)42-27(33(41(26)4)31(23)37(35(19)47-6)48-17-46-5)14-25-32(38-36(49-18-50-38)20(2)34(25)45)29(42)16-40-30(44)12-22-7-9-24(10-8-22)51-21(3)43;1-13-6-15-7-17-19(9-29)32-18(23(31(17)3)21(15)27(25(13)35-5)36-11-34-4)8-16-22(20(32)10-30)28-26(37-12-38-28)14(2)24(16)33;1-7(11)14-9-4-2-8(3-5-9)6-10(12)13/h7-11,26-29,33,45H,12-14,16-18H2,1-6H3,(H,40,44);6,17-20,23,33H,7-8,10-12,30H2,1-5H3;2-5H,6H2,1H3,(H,12,13)/t26-,27-,28-,29-,33-;17-,18-,19-,20-,23-;/m00./s1. The van der Waals surface area contributed by atoms with Gasteiger partial charge in [-0.2, -0.15) is 10.5 Å². The van der Waals surface area contributed by atoms with Gasteiger partial charge < -0.3 is 83.2 Å². The summed E-state index contributed by atoms with van der Waals surface area (Å²) in [6.07, 6.45) is 2.23. The third-order valence-corrected chi connectivity index (χ3v) is 21.0. The number of ether oxygens (including phenoxy) is 12. The number of carboxylic acids is 1. The van der Waals surface area contributed by atoms with E-state index in [-0.39, 0.29) is 113 Å². The van der Waals surface area contributed by atoms with E-state index in [9.17, 15) is 39.9 Å². The average molecular weight is 1420 g/mol. The molecule has 103 heavy (non-hydrogen) atoms. The number of carbonyl (C=O) groups is 4. The summed E-state index contributed by atoms with van der Waals surface area (Å²) in [5.41, 5.74) is 18.3. The highest BCUT2D eigenvalue weighted by Gasteiger charge is 2.59. The summed E-state index contributed by atoms with van der Waals surface area (Å²) in [5.74, 6) is 3.96. The van der Waals surface area contributed by atoms with Crippen LogP contribution in [0.1, 0.15) is 116 Å². The van der Waals surface area contributed by atoms with Crippen molar-refractivity contribution in [3.05, 3.63) is 139 Å². The predicted molar refractivity (Wildman–Crippen MR) is 370 cm³/mol. The first kappa shape index (κ1) is 72.7. The van der Waals surface area contributed by atoms with Gasteiger partial charge in [0.2, 0.25) is 19.5 Å². The molecule has 1 amide bonds. The minimum absolute atomic E-state index is 0.000296. The number of carboxylic acid groups (broad SMARTS) is 1. The van der Waals surface area contributed by atoms with E-state index < -0.39 is 36.0 Å². The smallest absolute Gasteiger partial charge is 0.308 e. The Morgan fingerprint density at radius 2 is 0.981 bits per heavy atom. The van der Waals surface area contributed by atoms with Crippen LogP contribution in [0.2, 0.25) is 0 Å². The van der Waals surface area contributed by atoms with Crippen molar-refractivity contribution in [1.29, 1.82) is 10.5 Å². The lowest BCUT2D eigenvalue weighted by molar-refractivity contribution is -0.136. The van der Waals surface area contributed by atoms with E-state index in [0.717, 1.165) is 50.1 Å². The van der Waals surface area contributed by atoms with Gasteiger partial charge in [-0.1, -0.05) is 36.4 Å². The number of phenolic OH excluding ortho intramolecular Hbond substituents is 2. The number of likely N-dealkylation sites (N-methyl/N-ethyl adjacent to an activating group) is 2. The zero-order valence-electron chi connectivity index (χ0n) is 59.7. The number of nitrogens with one attached hydrogen (secondary N) is 1. The fraction of sp³-hybridized carbons (Fsp3) is 0.447. The van der Waals surface area contributed by atoms with E-state index in [0.29, 0.717) is 111 Å². The molecular formula is C76H86N8O19. The van der Waals surface area contributed by atoms with Gasteiger partial charge in [0, 0.05) is 110 Å². The van der Waals surface area contributed by atoms with Gasteiger partial charge in [0.05, 0.1) is 63.4 Å². The van der Waals surface area contributed by atoms with Gasteiger partial charge in [0.25, 0.3) is 0 Å². The number of rotatable bonds is 17. The van der Waals surface area contributed by atoms with Crippen LogP contribution in [0.4, 0.5) is 0 Å². The summed E-state index contributed by atoms with van der Waals surface area (Å²) in [5, 5.41) is 56.2. The van der Waals surface area contributed by atoms with Crippen LogP contribution in [-0.4, -0.2) is 178 Å². The minimum atomic E-state index is -0.884. The second kappa shape index (κ2) is 30.1. The van der Waals surface area contributed by atoms with Gasteiger partial charge in [-0.05, 0) is 125 Å². The van der Waals surface area contributed by atoms with Crippen LogP contribution in [0.15, 0.2) is 60.7 Å². The van der Waals surface area contributed by atoms with Gasteiger partial charge >= 0.3 is 17.9 Å². The number of nitrogens with two attached hydrogens (primary N) is 1. The molecule has 27 nitrogen and oxygen atoms in total. The number of carbonyl (C=O) groups excluding carboxylic acids is 3. The van der Waals surface area contributed by atoms with E-state index in [1.165, 1.54) is 13.8 Å². The first-order valence-electron chi connectivity index (χ1n) is 34.0. The van der Waals surface area contributed by atoms with Gasteiger partial charge in [0.1, 0.15) is 35.1 Å². The number of aromatic hydroxyl groups is 2. The molecule has 2 fully saturated rings. The molecule has 2 saturated heterocycles. The van der Waals surface area contributed by atoms with Crippen LogP contribution < -0.4 is 58.4 Å².